The molecule has 1 N–H and O–H groups in total. The number of aldehydes is 2. The zero-order valence-corrected chi connectivity index (χ0v) is 12.2. The fourth-order valence-electron chi connectivity index (χ4n) is 1.76. The largest absolute Gasteiger partial charge is 0.498 e. The molecule has 2 atom stereocenters. The lowest BCUT2D eigenvalue weighted by molar-refractivity contribution is -0.110. The number of aliphatic hydroxyl groups is 1. The molecule has 0 fully saturated rings. The van der Waals surface area contributed by atoms with Crippen molar-refractivity contribution in [2.75, 3.05) is 7.11 Å². The highest BCUT2D eigenvalue weighted by Crippen LogP contribution is 2.17. The zero-order chi connectivity index (χ0) is 14.8. The van der Waals surface area contributed by atoms with Crippen LogP contribution in [0.3, 0.4) is 0 Å². The summed E-state index contributed by atoms with van der Waals surface area (Å²) in [6.45, 7) is 5.41. The third kappa shape index (κ3) is 6.91. The van der Waals surface area contributed by atoms with E-state index in [1.165, 1.54) is 7.11 Å². The first kappa shape index (κ1) is 17.6. The second-order valence-corrected chi connectivity index (χ2v) is 4.83. The number of hydrogen-bond acceptors (Lipinski definition) is 4. The minimum Gasteiger partial charge on any atom is -0.498 e. The van der Waals surface area contributed by atoms with Crippen molar-refractivity contribution < 1.29 is 19.4 Å². The summed E-state index contributed by atoms with van der Waals surface area (Å²) in [7, 11) is 1.44. The number of allylic oxidation sites excluding steroid dienone is 2. The second-order valence-electron chi connectivity index (χ2n) is 4.83. The predicted octanol–water partition coefficient (Wildman–Crippen LogP) is 2.42. The van der Waals surface area contributed by atoms with Gasteiger partial charge in [-0.1, -0.05) is 18.6 Å². The van der Waals surface area contributed by atoms with Crippen LogP contribution < -0.4 is 0 Å². The van der Waals surface area contributed by atoms with Crippen molar-refractivity contribution in [3.05, 3.63) is 23.0 Å². The third-order valence-corrected chi connectivity index (χ3v) is 2.95. The van der Waals surface area contributed by atoms with E-state index in [4.69, 9.17) is 4.74 Å². The van der Waals surface area contributed by atoms with Crippen LogP contribution in [0.15, 0.2) is 23.0 Å². The molecule has 0 aliphatic heterocycles. The molecule has 0 aliphatic carbocycles. The summed E-state index contributed by atoms with van der Waals surface area (Å²) in [6, 6.07) is 0. The van der Waals surface area contributed by atoms with Crippen LogP contribution in [0.2, 0.25) is 0 Å². The molecule has 0 aromatic rings. The Hall–Kier alpha value is -1.42. The third-order valence-electron chi connectivity index (χ3n) is 2.95. The van der Waals surface area contributed by atoms with Crippen LogP contribution >= 0.6 is 0 Å². The van der Waals surface area contributed by atoms with Crippen LogP contribution in [0.1, 0.15) is 40.0 Å². The average Bonchev–Trinajstić information content (AvgIpc) is 2.38. The molecule has 0 saturated carbocycles. The number of hydrogen-bond donors (Lipinski definition) is 1. The van der Waals surface area contributed by atoms with Gasteiger partial charge in [0.15, 0.2) is 0 Å². The van der Waals surface area contributed by atoms with Gasteiger partial charge in [0, 0.05) is 17.9 Å². The lowest BCUT2D eigenvalue weighted by Crippen LogP contribution is -2.14. The van der Waals surface area contributed by atoms with Crippen molar-refractivity contribution >= 4 is 12.6 Å². The van der Waals surface area contributed by atoms with Crippen molar-refractivity contribution in [2.24, 2.45) is 5.92 Å². The minimum atomic E-state index is -0.810. The van der Waals surface area contributed by atoms with Crippen LogP contribution in [-0.2, 0) is 14.3 Å². The maximum atomic E-state index is 10.7. The van der Waals surface area contributed by atoms with Gasteiger partial charge >= 0.3 is 0 Å². The van der Waals surface area contributed by atoms with Crippen molar-refractivity contribution in [3.8, 4) is 0 Å². The molecule has 4 nitrogen and oxygen atoms in total. The van der Waals surface area contributed by atoms with Crippen LogP contribution in [0, 0.1) is 5.92 Å². The topological polar surface area (TPSA) is 63.6 Å². The summed E-state index contributed by atoms with van der Waals surface area (Å²) in [4.78, 5) is 21.2. The molecule has 19 heavy (non-hydrogen) atoms. The monoisotopic (exact) mass is 268 g/mol. The van der Waals surface area contributed by atoms with Crippen LogP contribution in [0.4, 0.5) is 0 Å². The van der Waals surface area contributed by atoms with E-state index >= 15 is 0 Å². The average molecular weight is 268 g/mol. The van der Waals surface area contributed by atoms with Gasteiger partial charge in [-0.05, 0) is 26.7 Å². The first-order chi connectivity index (χ1) is 8.96. The molecule has 0 aromatic carbocycles. The molecular formula is C15H24O4. The smallest absolute Gasteiger partial charge is 0.149 e. The summed E-state index contributed by atoms with van der Waals surface area (Å²) >= 11 is 0. The zero-order valence-electron chi connectivity index (χ0n) is 12.2. The van der Waals surface area contributed by atoms with E-state index in [9.17, 15) is 14.7 Å². The molecule has 0 unspecified atom stereocenters. The Morgan fingerprint density at radius 2 is 1.95 bits per heavy atom. The highest BCUT2D eigenvalue weighted by molar-refractivity contribution is 5.73. The summed E-state index contributed by atoms with van der Waals surface area (Å²) < 4.78 is 5.05. The van der Waals surface area contributed by atoms with E-state index in [-0.39, 0.29) is 5.92 Å². The first-order valence-electron chi connectivity index (χ1n) is 6.45. The molecule has 0 saturated heterocycles. The van der Waals surface area contributed by atoms with Gasteiger partial charge in [0.05, 0.1) is 7.11 Å². The van der Waals surface area contributed by atoms with E-state index in [1.807, 2.05) is 19.9 Å². The van der Waals surface area contributed by atoms with Crippen molar-refractivity contribution in [2.45, 2.75) is 46.1 Å². The van der Waals surface area contributed by atoms with Gasteiger partial charge in [-0.25, -0.2) is 0 Å². The maximum absolute atomic E-state index is 10.7. The Labute approximate surface area is 115 Å². The van der Waals surface area contributed by atoms with Gasteiger partial charge in [-0.15, -0.1) is 0 Å². The maximum Gasteiger partial charge on any atom is 0.149 e. The fourth-order valence-corrected chi connectivity index (χ4v) is 1.76. The standard InChI is InChI=1S/C15H24O4/c1-11(6-5-7-12(2)9-16)8-14(18)15(19-4)13(3)10-17/h6,9-10,12,14,18H,5,7-8H2,1-4H3/b11-6+,15-13+/t12-,14+/m0/s1. The highest BCUT2D eigenvalue weighted by Gasteiger charge is 2.14. The number of methoxy groups -OCH3 is 1. The van der Waals surface area contributed by atoms with Crippen LogP contribution in [0.5, 0.6) is 0 Å². The molecule has 0 radical (unpaired) electrons. The molecule has 4 heteroatoms. The summed E-state index contributed by atoms with van der Waals surface area (Å²) in [6.07, 6.45) is 4.84. The van der Waals surface area contributed by atoms with Gasteiger partial charge in [0.25, 0.3) is 0 Å². The molecule has 0 bridgehead atoms. The van der Waals surface area contributed by atoms with E-state index < -0.39 is 6.10 Å². The van der Waals surface area contributed by atoms with Crippen LogP contribution in [-0.4, -0.2) is 30.9 Å². The molecule has 0 aliphatic rings. The summed E-state index contributed by atoms with van der Waals surface area (Å²) in [5.41, 5.74) is 1.41. The molecule has 0 amide bonds. The van der Waals surface area contributed by atoms with E-state index in [0.717, 1.165) is 24.7 Å². The lowest BCUT2D eigenvalue weighted by Gasteiger charge is -2.15. The molecule has 108 valence electrons. The van der Waals surface area contributed by atoms with E-state index in [1.54, 1.807) is 6.92 Å². The molecule has 0 spiro atoms. The number of carbonyl (C=O) groups excluding carboxylic acids is 2. The minimum absolute atomic E-state index is 0.0562. The van der Waals surface area contributed by atoms with Crippen molar-refractivity contribution in [3.63, 3.8) is 0 Å². The van der Waals surface area contributed by atoms with Crippen molar-refractivity contribution in [1.82, 2.24) is 0 Å². The molecule has 0 aromatic heterocycles. The Balaban J connectivity index is 4.46. The van der Waals surface area contributed by atoms with E-state index in [0.29, 0.717) is 24.0 Å². The van der Waals surface area contributed by atoms with Crippen molar-refractivity contribution in [1.29, 1.82) is 0 Å². The quantitative estimate of drug-likeness (QED) is 0.302. The number of aliphatic hydroxyl groups excluding tert-OH is 1. The number of rotatable bonds is 9. The number of carbonyl (C=O) groups is 2. The first-order valence-corrected chi connectivity index (χ1v) is 6.45. The van der Waals surface area contributed by atoms with Gasteiger partial charge in [-0.3, -0.25) is 4.79 Å². The number of ether oxygens (including phenoxy) is 1. The molecule has 0 rings (SSSR count). The Bertz CT molecular complexity index is 355. The van der Waals surface area contributed by atoms with Crippen LogP contribution in [0.25, 0.3) is 0 Å². The van der Waals surface area contributed by atoms with E-state index in [2.05, 4.69) is 0 Å². The molecule has 0 heterocycles. The highest BCUT2D eigenvalue weighted by atomic mass is 16.5. The fraction of sp³-hybridized carbons (Fsp3) is 0.600. The SMILES string of the molecule is CO/C(=C(\C)C=O)[C@H](O)C/C(C)=C/CC[C@H](C)C=O. The summed E-state index contributed by atoms with van der Waals surface area (Å²) in [5.74, 6) is 0.365. The van der Waals surface area contributed by atoms with Gasteiger partial charge in [0.1, 0.15) is 24.4 Å². The second kappa shape index (κ2) is 9.50. The van der Waals surface area contributed by atoms with Gasteiger partial charge in [-0.2, -0.15) is 0 Å². The lowest BCUT2D eigenvalue weighted by atomic mass is 10.0. The summed E-state index contributed by atoms with van der Waals surface area (Å²) in [5, 5.41) is 10.00. The Kier molecular flexibility index (Phi) is 8.79. The Morgan fingerprint density at radius 3 is 2.42 bits per heavy atom. The van der Waals surface area contributed by atoms with Gasteiger partial charge in [0.2, 0.25) is 0 Å². The Morgan fingerprint density at radius 1 is 1.32 bits per heavy atom. The molecular weight excluding hydrogens is 244 g/mol. The normalized spacial score (nSPS) is 16.4. The van der Waals surface area contributed by atoms with Gasteiger partial charge < -0.3 is 14.6 Å². The predicted molar refractivity (Wildman–Crippen MR) is 74.6 cm³/mol.